The first-order chi connectivity index (χ1) is 9.24. The fourth-order valence-corrected chi connectivity index (χ4v) is 3.64. The molecule has 1 saturated heterocycles. The SMILES string of the molecule is CCOc1cccc(C(CN)N2CCSC(C)C2)c1. The van der Waals surface area contributed by atoms with Crippen LogP contribution in [0.1, 0.15) is 25.5 Å². The number of hydrogen-bond donors (Lipinski definition) is 1. The molecule has 1 heterocycles. The molecule has 3 nitrogen and oxygen atoms in total. The van der Waals surface area contributed by atoms with Crippen LogP contribution in [0.5, 0.6) is 5.75 Å². The van der Waals surface area contributed by atoms with Crippen molar-refractivity contribution in [1.82, 2.24) is 4.90 Å². The lowest BCUT2D eigenvalue weighted by Gasteiger charge is -2.36. The van der Waals surface area contributed by atoms with Crippen LogP contribution in [0.3, 0.4) is 0 Å². The number of benzene rings is 1. The van der Waals surface area contributed by atoms with Gasteiger partial charge in [0.2, 0.25) is 0 Å². The van der Waals surface area contributed by atoms with E-state index in [0.29, 0.717) is 24.4 Å². The highest BCUT2D eigenvalue weighted by molar-refractivity contribution is 7.99. The van der Waals surface area contributed by atoms with Crippen LogP contribution in [0.2, 0.25) is 0 Å². The molecule has 106 valence electrons. The van der Waals surface area contributed by atoms with Crippen molar-refractivity contribution in [1.29, 1.82) is 0 Å². The van der Waals surface area contributed by atoms with Gasteiger partial charge in [-0.1, -0.05) is 19.1 Å². The summed E-state index contributed by atoms with van der Waals surface area (Å²) in [5.74, 6) is 2.14. The number of rotatable bonds is 5. The van der Waals surface area contributed by atoms with Crippen molar-refractivity contribution in [2.24, 2.45) is 5.73 Å². The topological polar surface area (TPSA) is 38.5 Å². The minimum Gasteiger partial charge on any atom is -0.494 e. The predicted molar refractivity (Wildman–Crippen MR) is 82.9 cm³/mol. The maximum absolute atomic E-state index is 6.02. The van der Waals surface area contributed by atoms with E-state index in [4.69, 9.17) is 10.5 Å². The summed E-state index contributed by atoms with van der Waals surface area (Å²) in [5.41, 5.74) is 7.29. The van der Waals surface area contributed by atoms with Crippen LogP contribution in [-0.4, -0.2) is 42.1 Å². The number of nitrogens with zero attached hydrogens (tertiary/aromatic N) is 1. The number of nitrogens with two attached hydrogens (primary N) is 1. The summed E-state index contributed by atoms with van der Waals surface area (Å²) in [4.78, 5) is 2.51. The normalized spacial score (nSPS) is 22.2. The molecule has 2 atom stereocenters. The van der Waals surface area contributed by atoms with Crippen LogP contribution >= 0.6 is 11.8 Å². The first kappa shape index (κ1) is 14.7. The van der Waals surface area contributed by atoms with E-state index < -0.39 is 0 Å². The molecular formula is C15H24N2OS. The second-order valence-corrected chi connectivity index (χ2v) is 6.48. The Morgan fingerprint density at radius 1 is 1.53 bits per heavy atom. The lowest BCUT2D eigenvalue weighted by molar-refractivity contribution is 0.210. The first-order valence-electron chi connectivity index (χ1n) is 7.03. The number of hydrogen-bond acceptors (Lipinski definition) is 4. The Morgan fingerprint density at radius 2 is 2.37 bits per heavy atom. The Morgan fingerprint density at radius 3 is 3.05 bits per heavy atom. The summed E-state index contributed by atoms with van der Waals surface area (Å²) in [6.07, 6.45) is 0. The van der Waals surface area contributed by atoms with Gasteiger partial charge in [-0.15, -0.1) is 0 Å². The largest absolute Gasteiger partial charge is 0.494 e. The molecule has 4 heteroatoms. The van der Waals surface area contributed by atoms with E-state index in [9.17, 15) is 0 Å². The zero-order valence-electron chi connectivity index (χ0n) is 11.8. The molecule has 0 saturated carbocycles. The lowest BCUT2D eigenvalue weighted by Crippen LogP contribution is -2.42. The molecule has 2 rings (SSSR count). The van der Waals surface area contributed by atoms with Crippen molar-refractivity contribution >= 4 is 11.8 Å². The van der Waals surface area contributed by atoms with Gasteiger partial charge in [-0.05, 0) is 24.6 Å². The highest BCUT2D eigenvalue weighted by Gasteiger charge is 2.24. The lowest BCUT2D eigenvalue weighted by atomic mass is 10.0. The second kappa shape index (κ2) is 7.17. The minimum absolute atomic E-state index is 0.309. The maximum atomic E-state index is 6.02. The zero-order valence-corrected chi connectivity index (χ0v) is 12.7. The van der Waals surface area contributed by atoms with Crippen LogP contribution in [0.25, 0.3) is 0 Å². The van der Waals surface area contributed by atoms with Gasteiger partial charge in [0.1, 0.15) is 5.75 Å². The molecule has 1 fully saturated rings. The van der Waals surface area contributed by atoms with Crippen LogP contribution in [0.4, 0.5) is 0 Å². The van der Waals surface area contributed by atoms with Crippen LogP contribution < -0.4 is 10.5 Å². The van der Waals surface area contributed by atoms with Crippen LogP contribution in [-0.2, 0) is 0 Å². The summed E-state index contributed by atoms with van der Waals surface area (Å²) < 4.78 is 5.59. The molecule has 1 aliphatic rings. The van der Waals surface area contributed by atoms with Gasteiger partial charge in [-0.3, -0.25) is 4.90 Å². The smallest absolute Gasteiger partial charge is 0.119 e. The van der Waals surface area contributed by atoms with Gasteiger partial charge < -0.3 is 10.5 Å². The summed E-state index contributed by atoms with van der Waals surface area (Å²) in [6.45, 7) is 7.90. The zero-order chi connectivity index (χ0) is 13.7. The molecule has 0 spiro atoms. The Hall–Kier alpha value is -0.710. The summed E-state index contributed by atoms with van der Waals surface area (Å²) >= 11 is 2.05. The monoisotopic (exact) mass is 280 g/mol. The Kier molecular flexibility index (Phi) is 5.55. The second-order valence-electron chi connectivity index (χ2n) is 4.93. The molecular weight excluding hydrogens is 256 g/mol. The third-order valence-corrected chi connectivity index (χ3v) is 4.63. The summed E-state index contributed by atoms with van der Waals surface area (Å²) in [7, 11) is 0. The highest BCUT2D eigenvalue weighted by atomic mass is 32.2. The first-order valence-corrected chi connectivity index (χ1v) is 8.08. The summed E-state index contributed by atoms with van der Waals surface area (Å²) in [6, 6.07) is 8.67. The van der Waals surface area contributed by atoms with Crippen molar-refractivity contribution in [3.05, 3.63) is 29.8 Å². The Bertz CT molecular complexity index is 399. The van der Waals surface area contributed by atoms with Gasteiger partial charge in [-0.25, -0.2) is 0 Å². The Labute approximate surface area is 120 Å². The number of ether oxygens (including phenoxy) is 1. The van der Waals surface area contributed by atoms with Crippen molar-refractivity contribution in [2.45, 2.75) is 25.1 Å². The van der Waals surface area contributed by atoms with Crippen LogP contribution in [0.15, 0.2) is 24.3 Å². The average molecular weight is 280 g/mol. The summed E-state index contributed by atoms with van der Waals surface area (Å²) in [5, 5.41) is 0.692. The van der Waals surface area contributed by atoms with Gasteiger partial charge >= 0.3 is 0 Å². The highest BCUT2D eigenvalue weighted by Crippen LogP contribution is 2.28. The molecule has 0 bridgehead atoms. The molecule has 19 heavy (non-hydrogen) atoms. The third kappa shape index (κ3) is 3.88. The van der Waals surface area contributed by atoms with Gasteiger partial charge in [0.15, 0.2) is 0 Å². The standard InChI is InChI=1S/C15H24N2OS/c1-3-18-14-6-4-5-13(9-14)15(10-16)17-7-8-19-12(2)11-17/h4-6,9,12,15H,3,7-8,10-11,16H2,1-2H3. The van der Waals surface area contributed by atoms with Crippen molar-refractivity contribution in [2.75, 3.05) is 32.0 Å². The molecule has 1 aromatic rings. The van der Waals surface area contributed by atoms with Crippen molar-refractivity contribution in [3.8, 4) is 5.75 Å². The van der Waals surface area contributed by atoms with E-state index >= 15 is 0 Å². The molecule has 0 aliphatic carbocycles. The molecule has 2 unspecified atom stereocenters. The van der Waals surface area contributed by atoms with Crippen molar-refractivity contribution < 1.29 is 4.74 Å². The van der Waals surface area contributed by atoms with Crippen molar-refractivity contribution in [3.63, 3.8) is 0 Å². The van der Waals surface area contributed by atoms with E-state index in [0.717, 1.165) is 18.8 Å². The van der Waals surface area contributed by atoms with Gasteiger partial charge in [0.25, 0.3) is 0 Å². The van der Waals surface area contributed by atoms with E-state index in [1.807, 2.05) is 24.8 Å². The van der Waals surface area contributed by atoms with Gasteiger partial charge in [0, 0.05) is 36.7 Å². The minimum atomic E-state index is 0.309. The molecule has 1 aliphatic heterocycles. The van der Waals surface area contributed by atoms with Gasteiger partial charge in [0.05, 0.1) is 6.61 Å². The fourth-order valence-electron chi connectivity index (χ4n) is 2.60. The maximum Gasteiger partial charge on any atom is 0.119 e. The fraction of sp³-hybridized carbons (Fsp3) is 0.600. The van der Waals surface area contributed by atoms with E-state index in [1.165, 1.54) is 11.3 Å². The molecule has 0 aromatic heterocycles. The molecule has 2 N–H and O–H groups in total. The predicted octanol–water partition coefficient (Wildman–Crippen LogP) is 2.52. The van der Waals surface area contributed by atoms with E-state index in [1.54, 1.807) is 0 Å². The molecule has 0 radical (unpaired) electrons. The molecule has 1 aromatic carbocycles. The van der Waals surface area contributed by atoms with Crippen LogP contribution in [0, 0.1) is 0 Å². The van der Waals surface area contributed by atoms with E-state index in [2.05, 4.69) is 30.0 Å². The quantitative estimate of drug-likeness (QED) is 0.899. The van der Waals surface area contributed by atoms with E-state index in [-0.39, 0.29) is 0 Å². The third-order valence-electron chi connectivity index (χ3n) is 3.49. The Balaban J connectivity index is 2.13. The average Bonchev–Trinajstić information content (AvgIpc) is 2.41. The van der Waals surface area contributed by atoms with Gasteiger partial charge in [-0.2, -0.15) is 11.8 Å². The number of thioether (sulfide) groups is 1. The molecule has 0 amide bonds.